The van der Waals surface area contributed by atoms with Gasteiger partial charge in [0.15, 0.2) is 0 Å². The summed E-state index contributed by atoms with van der Waals surface area (Å²) < 4.78 is 0. The molecule has 2 N–H and O–H groups in total. The fraction of sp³-hybridized carbons (Fsp3) is 0.118. The third-order valence-electron chi connectivity index (χ3n) is 3.10. The van der Waals surface area contributed by atoms with Gasteiger partial charge in [0.2, 0.25) is 5.91 Å². The zero-order chi connectivity index (χ0) is 17.5. The average molecular weight is 364 g/mol. The van der Waals surface area contributed by atoms with Crippen molar-refractivity contribution < 1.29 is 9.59 Å². The summed E-state index contributed by atoms with van der Waals surface area (Å²) in [6, 6.07) is 11.6. The fourth-order valence-corrected chi connectivity index (χ4v) is 2.16. The molecule has 24 heavy (non-hydrogen) atoms. The van der Waals surface area contributed by atoms with Gasteiger partial charge in [-0.2, -0.15) is 5.10 Å². The first kappa shape index (κ1) is 18.0. The minimum absolute atomic E-state index is 0.0878. The molecule has 0 bridgehead atoms. The van der Waals surface area contributed by atoms with Crippen LogP contribution in [0, 0.1) is 0 Å². The Hall–Kier alpha value is -2.37. The molecular weight excluding hydrogens is 349 g/mol. The summed E-state index contributed by atoms with van der Waals surface area (Å²) in [6.45, 7) is 1.77. The lowest BCUT2D eigenvalue weighted by Gasteiger charge is -2.05. The number of hydrogen-bond acceptors (Lipinski definition) is 3. The van der Waals surface area contributed by atoms with Crippen LogP contribution < -0.4 is 10.7 Å². The first-order valence-electron chi connectivity index (χ1n) is 7.18. The first-order chi connectivity index (χ1) is 11.5. The predicted molar refractivity (Wildman–Crippen MR) is 96.9 cm³/mol. The van der Waals surface area contributed by atoms with Gasteiger partial charge in [0.1, 0.15) is 0 Å². The van der Waals surface area contributed by atoms with Crippen LogP contribution in [0.4, 0.5) is 5.69 Å². The molecule has 0 aliphatic carbocycles. The van der Waals surface area contributed by atoms with Crippen LogP contribution in [0.5, 0.6) is 0 Å². The molecule has 0 radical (unpaired) electrons. The molecule has 2 aromatic rings. The zero-order valence-corrected chi connectivity index (χ0v) is 14.4. The molecule has 0 aromatic heterocycles. The van der Waals surface area contributed by atoms with Gasteiger partial charge in [-0.25, -0.2) is 5.43 Å². The number of carbonyl (C=O) groups is 2. The molecule has 0 fully saturated rings. The molecule has 0 aliphatic heterocycles. The Bertz CT molecular complexity index is 774. The Kier molecular flexibility index (Phi) is 6.35. The van der Waals surface area contributed by atoms with Gasteiger partial charge in [0.05, 0.1) is 16.3 Å². The number of nitrogens with zero attached hydrogens (tertiary/aromatic N) is 1. The van der Waals surface area contributed by atoms with E-state index in [9.17, 15) is 9.59 Å². The standard InChI is InChI=1S/C17H15Cl2N3O2/c1-2-15(23)21-13-8-6-11(7-9-13)17(24)22-20-10-12-4-3-5-14(18)16(12)19/h3-10H,2H2,1H3,(H,21,23)(H,22,24). The lowest BCUT2D eigenvalue weighted by Crippen LogP contribution is -2.17. The van der Waals surface area contributed by atoms with Gasteiger partial charge < -0.3 is 5.32 Å². The van der Waals surface area contributed by atoms with Gasteiger partial charge in [-0.1, -0.05) is 42.3 Å². The van der Waals surface area contributed by atoms with E-state index in [1.165, 1.54) is 6.21 Å². The number of benzene rings is 2. The topological polar surface area (TPSA) is 70.6 Å². The number of carbonyl (C=O) groups excluding carboxylic acids is 2. The van der Waals surface area contributed by atoms with Gasteiger partial charge in [0, 0.05) is 23.2 Å². The van der Waals surface area contributed by atoms with Crippen LogP contribution in [-0.4, -0.2) is 18.0 Å². The Labute approximate surface area is 149 Å². The lowest BCUT2D eigenvalue weighted by molar-refractivity contribution is -0.115. The molecule has 2 aromatic carbocycles. The molecule has 0 atom stereocenters. The van der Waals surface area contributed by atoms with Crippen molar-refractivity contribution in [3.05, 3.63) is 63.6 Å². The van der Waals surface area contributed by atoms with E-state index in [0.717, 1.165) is 0 Å². The summed E-state index contributed by atoms with van der Waals surface area (Å²) in [6.07, 6.45) is 1.81. The monoisotopic (exact) mass is 363 g/mol. The van der Waals surface area contributed by atoms with Gasteiger partial charge in [-0.3, -0.25) is 9.59 Å². The van der Waals surface area contributed by atoms with Crippen LogP contribution >= 0.6 is 23.2 Å². The second-order valence-corrected chi connectivity index (χ2v) is 5.61. The summed E-state index contributed by atoms with van der Waals surface area (Å²) >= 11 is 11.9. The summed E-state index contributed by atoms with van der Waals surface area (Å²) in [5.41, 5.74) is 4.05. The summed E-state index contributed by atoms with van der Waals surface area (Å²) in [5.74, 6) is -0.465. The maximum absolute atomic E-state index is 12.0. The molecule has 0 spiro atoms. The highest BCUT2D eigenvalue weighted by Crippen LogP contribution is 2.24. The first-order valence-corrected chi connectivity index (χ1v) is 7.94. The van der Waals surface area contributed by atoms with Crippen molar-refractivity contribution in [3.63, 3.8) is 0 Å². The number of halogens is 2. The normalized spacial score (nSPS) is 10.6. The predicted octanol–water partition coefficient (Wildman–Crippen LogP) is 4.11. The van der Waals surface area contributed by atoms with Crippen molar-refractivity contribution in [1.82, 2.24) is 5.43 Å². The van der Waals surface area contributed by atoms with E-state index in [2.05, 4.69) is 15.8 Å². The number of nitrogens with one attached hydrogen (secondary N) is 2. The van der Waals surface area contributed by atoms with Crippen molar-refractivity contribution in [2.24, 2.45) is 5.10 Å². The van der Waals surface area contributed by atoms with Crippen LogP contribution in [0.2, 0.25) is 10.0 Å². The Morgan fingerprint density at radius 1 is 1.12 bits per heavy atom. The van der Waals surface area contributed by atoms with Crippen molar-refractivity contribution in [2.45, 2.75) is 13.3 Å². The smallest absolute Gasteiger partial charge is 0.271 e. The molecule has 2 amide bonds. The fourth-order valence-electron chi connectivity index (χ4n) is 1.80. The molecule has 0 unspecified atom stereocenters. The lowest BCUT2D eigenvalue weighted by atomic mass is 10.2. The quantitative estimate of drug-likeness (QED) is 0.619. The maximum Gasteiger partial charge on any atom is 0.271 e. The van der Waals surface area contributed by atoms with E-state index in [0.29, 0.717) is 33.3 Å². The largest absolute Gasteiger partial charge is 0.326 e. The van der Waals surface area contributed by atoms with Crippen molar-refractivity contribution in [2.75, 3.05) is 5.32 Å². The minimum Gasteiger partial charge on any atom is -0.326 e. The van der Waals surface area contributed by atoms with Crippen LogP contribution in [0.3, 0.4) is 0 Å². The van der Waals surface area contributed by atoms with Gasteiger partial charge in [-0.15, -0.1) is 0 Å². The molecular formula is C17H15Cl2N3O2. The number of hydrogen-bond donors (Lipinski definition) is 2. The number of anilines is 1. The second-order valence-electron chi connectivity index (χ2n) is 4.82. The van der Waals surface area contributed by atoms with Crippen molar-refractivity contribution >= 4 is 46.9 Å². The van der Waals surface area contributed by atoms with E-state index < -0.39 is 0 Å². The molecule has 124 valence electrons. The molecule has 5 nitrogen and oxygen atoms in total. The van der Waals surface area contributed by atoms with E-state index in [1.54, 1.807) is 49.4 Å². The van der Waals surface area contributed by atoms with Gasteiger partial charge >= 0.3 is 0 Å². The minimum atomic E-state index is -0.377. The Morgan fingerprint density at radius 2 is 1.83 bits per heavy atom. The molecule has 0 heterocycles. The Balaban J connectivity index is 1.98. The summed E-state index contributed by atoms with van der Waals surface area (Å²) in [5, 5.41) is 7.36. The maximum atomic E-state index is 12.0. The highest BCUT2D eigenvalue weighted by atomic mass is 35.5. The number of rotatable bonds is 5. The van der Waals surface area contributed by atoms with E-state index in [1.807, 2.05) is 0 Å². The summed E-state index contributed by atoms with van der Waals surface area (Å²) in [4.78, 5) is 23.3. The molecule has 0 saturated carbocycles. The van der Waals surface area contributed by atoms with Crippen LogP contribution in [0.15, 0.2) is 47.6 Å². The van der Waals surface area contributed by atoms with E-state index in [4.69, 9.17) is 23.2 Å². The Morgan fingerprint density at radius 3 is 2.50 bits per heavy atom. The van der Waals surface area contributed by atoms with E-state index in [-0.39, 0.29) is 11.8 Å². The number of amides is 2. The molecule has 2 rings (SSSR count). The average Bonchev–Trinajstić information content (AvgIpc) is 2.59. The number of hydrazone groups is 1. The van der Waals surface area contributed by atoms with Crippen LogP contribution in [0.1, 0.15) is 29.3 Å². The van der Waals surface area contributed by atoms with Gasteiger partial charge in [0.25, 0.3) is 5.91 Å². The zero-order valence-electron chi connectivity index (χ0n) is 12.8. The van der Waals surface area contributed by atoms with E-state index >= 15 is 0 Å². The molecule has 0 aliphatic rings. The molecule has 0 saturated heterocycles. The van der Waals surface area contributed by atoms with Crippen LogP contribution in [-0.2, 0) is 4.79 Å². The van der Waals surface area contributed by atoms with Crippen molar-refractivity contribution in [1.29, 1.82) is 0 Å². The van der Waals surface area contributed by atoms with Gasteiger partial charge in [-0.05, 0) is 30.3 Å². The SMILES string of the molecule is CCC(=O)Nc1ccc(C(=O)NN=Cc2cccc(Cl)c2Cl)cc1. The third-order valence-corrected chi connectivity index (χ3v) is 3.94. The van der Waals surface area contributed by atoms with Crippen molar-refractivity contribution in [3.8, 4) is 0 Å². The second kappa shape index (κ2) is 8.47. The third kappa shape index (κ3) is 4.81. The highest BCUT2D eigenvalue weighted by molar-refractivity contribution is 6.43. The summed E-state index contributed by atoms with van der Waals surface area (Å²) in [7, 11) is 0. The molecule has 7 heteroatoms. The van der Waals surface area contributed by atoms with Crippen LogP contribution in [0.25, 0.3) is 0 Å². The highest BCUT2D eigenvalue weighted by Gasteiger charge is 2.06.